The minimum absolute atomic E-state index is 0.00913. The molecule has 5 nitrogen and oxygen atoms in total. The molecule has 1 aromatic carbocycles. The van der Waals surface area contributed by atoms with Crippen molar-refractivity contribution in [1.82, 2.24) is 9.80 Å². The summed E-state index contributed by atoms with van der Waals surface area (Å²) in [5.74, 6) is -0.201. The molecule has 1 aliphatic carbocycles. The first-order chi connectivity index (χ1) is 17.1. The highest BCUT2D eigenvalue weighted by Gasteiger charge is 2.51. The normalized spacial score (nSPS) is 29.4. The van der Waals surface area contributed by atoms with E-state index in [-0.39, 0.29) is 36.4 Å². The monoisotopic (exact) mass is 506 g/mol. The molecule has 3 aliphatic heterocycles. The number of rotatable bonds is 4. The van der Waals surface area contributed by atoms with Crippen molar-refractivity contribution >= 4 is 5.91 Å². The van der Waals surface area contributed by atoms with Gasteiger partial charge in [-0.15, -0.1) is 0 Å². The van der Waals surface area contributed by atoms with Crippen LogP contribution in [0.25, 0.3) is 0 Å². The van der Waals surface area contributed by atoms with Crippen molar-refractivity contribution in [2.75, 3.05) is 19.6 Å². The summed E-state index contributed by atoms with van der Waals surface area (Å²) in [7, 11) is 0. The number of hydrogen-bond acceptors (Lipinski definition) is 4. The first-order valence-corrected chi connectivity index (χ1v) is 13.1. The fourth-order valence-corrected chi connectivity index (χ4v) is 6.78. The number of piperidine rings is 1. The van der Waals surface area contributed by atoms with Crippen LogP contribution in [0.1, 0.15) is 62.6 Å². The van der Waals surface area contributed by atoms with Gasteiger partial charge in [-0.1, -0.05) is 13.8 Å². The largest absolute Gasteiger partial charge is 0.416 e. The van der Waals surface area contributed by atoms with E-state index in [1.165, 1.54) is 0 Å². The van der Waals surface area contributed by atoms with Crippen molar-refractivity contribution in [3.05, 3.63) is 46.9 Å². The fourth-order valence-electron chi connectivity index (χ4n) is 6.78. The van der Waals surface area contributed by atoms with Gasteiger partial charge in [0.1, 0.15) is 5.82 Å². The molecule has 0 spiro atoms. The van der Waals surface area contributed by atoms with Crippen molar-refractivity contribution in [3.63, 3.8) is 0 Å². The highest BCUT2D eigenvalue weighted by atomic mass is 19.4. The molecule has 0 aromatic heterocycles. The van der Waals surface area contributed by atoms with E-state index in [0.717, 1.165) is 51.3 Å². The summed E-state index contributed by atoms with van der Waals surface area (Å²) in [6, 6.07) is 2.10. The second kappa shape index (κ2) is 9.54. The molecule has 36 heavy (non-hydrogen) atoms. The lowest BCUT2D eigenvalue weighted by Gasteiger charge is -2.41. The summed E-state index contributed by atoms with van der Waals surface area (Å²) < 4.78 is 54.3. The number of halogens is 4. The molecule has 4 aliphatic rings. The molecule has 1 amide bonds. The maximum Gasteiger partial charge on any atom is 0.416 e. The minimum Gasteiger partial charge on any atom is -0.338 e. The number of fused-ring (bicyclic) bond motifs is 1. The average molecular weight is 507 g/mol. The van der Waals surface area contributed by atoms with Gasteiger partial charge in [-0.05, 0) is 92.8 Å². The smallest absolute Gasteiger partial charge is 0.338 e. The van der Waals surface area contributed by atoms with E-state index in [9.17, 15) is 22.4 Å². The molecule has 0 bridgehead atoms. The van der Waals surface area contributed by atoms with Crippen LogP contribution in [0.4, 0.5) is 17.6 Å². The zero-order valence-electron chi connectivity index (χ0n) is 20.9. The van der Waals surface area contributed by atoms with Crippen LogP contribution < -0.4 is 0 Å². The Bertz CT molecular complexity index is 1050. The Kier molecular flexibility index (Phi) is 6.72. The highest BCUT2D eigenvalue weighted by molar-refractivity contribution is 5.84. The molecule has 0 N–H and O–H groups in total. The van der Waals surface area contributed by atoms with E-state index in [2.05, 4.69) is 35.1 Å². The van der Waals surface area contributed by atoms with Gasteiger partial charge in [-0.3, -0.25) is 4.79 Å². The van der Waals surface area contributed by atoms with Crippen molar-refractivity contribution in [1.29, 1.82) is 0 Å². The molecule has 1 aromatic rings. The van der Waals surface area contributed by atoms with E-state index in [0.29, 0.717) is 30.1 Å². The summed E-state index contributed by atoms with van der Waals surface area (Å²) in [4.78, 5) is 18.1. The molecule has 5 rings (SSSR count). The summed E-state index contributed by atoms with van der Waals surface area (Å²) in [6.45, 7) is 6.47. The Morgan fingerprint density at radius 3 is 2.53 bits per heavy atom. The number of likely N-dealkylation sites (tertiary alicyclic amines) is 1. The molecule has 0 radical (unpaired) electrons. The SMILES string of the molecule is CC(C)C1(C(=O)N2CCc3c(F)cc(C(F)(F)F)cc3C2)CCC(N2CCC(C3C=CN=N3)CC2)C1. The third-order valence-electron chi connectivity index (χ3n) is 9.07. The lowest BCUT2D eigenvalue weighted by atomic mass is 9.73. The molecule has 3 heterocycles. The number of benzene rings is 1. The third-order valence-corrected chi connectivity index (χ3v) is 9.07. The standard InChI is InChI=1S/C27H34F4N4O/c1-17(2)26(8-3-21(15-26)34-10-5-18(6-11-34)24-4-9-32-33-24)25(36)35-12-7-22-19(16-35)13-20(14-23(22)28)27(29,30)31/h4,9,13-14,17-18,21,24H,3,5-8,10-12,15-16H2,1-2H3. The number of azo groups is 1. The molecule has 1 saturated heterocycles. The van der Waals surface area contributed by atoms with Crippen LogP contribution in [0.2, 0.25) is 0 Å². The maximum absolute atomic E-state index is 14.5. The molecular formula is C27H34F4N4O. The van der Waals surface area contributed by atoms with Crippen LogP contribution >= 0.6 is 0 Å². The molecule has 2 fully saturated rings. The lowest BCUT2D eigenvalue weighted by molar-refractivity contribution is -0.146. The summed E-state index contributed by atoms with van der Waals surface area (Å²) in [6.07, 6.45) is 4.05. The fraction of sp³-hybridized carbons (Fsp3) is 0.667. The van der Waals surface area contributed by atoms with Crippen LogP contribution in [-0.2, 0) is 23.9 Å². The van der Waals surface area contributed by atoms with Crippen LogP contribution in [0, 0.1) is 23.1 Å². The van der Waals surface area contributed by atoms with Crippen LogP contribution in [0.15, 0.2) is 34.6 Å². The van der Waals surface area contributed by atoms with Gasteiger partial charge in [0, 0.05) is 25.3 Å². The Morgan fingerprint density at radius 2 is 1.89 bits per heavy atom. The molecular weight excluding hydrogens is 472 g/mol. The van der Waals surface area contributed by atoms with Gasteiger partial charge in [0.15, 0.2) is 0 Å². The van der Waals surface area contributed by atoms with Crippen LogP contribution in [0.3, 0.4) is 0 Å². The van der Waals surface area contributed by atoms with Crippen molar-refractivity contribution in [2.45, 2.75) is 77.2 Å². The third kappa shape index (κ3) is 4.59. The molecule has 3 unspecified atom stereocenters. The Labute approximate surface area is 209 Å². The van der Waals surface area contributed by atoms with Crippen LogP contribution in [0.5, 0.6) is 0 Å². The first kappa shape index (κ1) is 25.4. The minimum atomic E-state index is -4.62. The average Bonchev–Trinajstić information content (AvgIpc) is 3.54. The predicted molar refractivity (Wildman–Crippen MR) is 128 cm³/mol. The molecule has 1 saturated carbocycles. The Hall–Kier alpha value is -2.29. The maximum atomic E-state index is 14.5. The van der Waals surface area contributed by atoms with Gasteiger partial charge < -0.3 is 9.80 Å². The van der Waals surface area contributed by atoms with E-state index in [1.54, 1.807) is 11.1 Å². The van der Waals surface area contributed by atoms with Gasteiger partial charge >= 0.3 is 6.18 Å². The number of carbonyl (C=O) groups is 1. The first-order valence-electron chi connectivity index (χ1n) is 13.1. The number of alkyl halides is 3. The van der Waals surface area contributed by atoms with E-state index in [1.807, 2.05) is 0 Å². The summed E-state index contributed by atoms with van der Waals surface area (Å²) in [5.41, 5.74) is -0.961. The molecule has 196 valence electrons. The van der Waals surface area contributed by atoms with Gasteiger partial charge in [-0.25, -0.2) is 4.39 Å². The molecule has 3 atom stereocenters. The van der Waals surface area contributed by atoms with Crippen molar-refractivity contribution in [3.8, 4) is 0 Å². The number of hydrogen-bond donors (Lipinski definition) is 0. The second-order valence-electron chi connectivity index (χ2n) is 11.2. The van der Waals surface area contributed by atoms with Gasteiger partial charge in [-0.2, -0.15) is 23.4 Å². The number of amides is 1. The van der Waals surface area contributed by atoms with Crippen molar-refractivity contribution in [2.24, 2.45) is 27.5 Å². The highest BCUT2D eigenvalue weighted by Crippen LogP contribution is 2.48. The summed E-state index contributed by atoms with van der Waals surface area (Å²) in [5, 5.41) is 8.29. The zero-order valence-corrected chi connectivity index (χ0v) is 20.9. The zero-order chi connectivity index (χ0) is 25.7. The van der Waals surface area contributed by atoms with Crippen LogP contribution in [-0.4, -0.2) is 47.4 Å². The van der Waals surface area contributed by atoms with E-state index >= 15 is 0 Å². The van der Waals surface area contributed by atoms with Crippen molar-refractivity contribution < 1.29 is 22.4 Å². The molecule has 9 heteroatoms. The second-order valence-corrected chi connectivity index (χ2v) is 11.2. The van der Waals surface area contributed by atoms with E-state index in [4.69, 9.17) is 0 Å². The Balaban J connectivity index is 1.28. The number of carbonyl (C=O) groups excluding carboxylic acids is 1. The van der Waals surface area contributed by atoms with Gasteiger partial charge in [0.2, 0.25) is 5.91 Å². The quantitative estimate of drug-likeness (QED) is 0.472. The van der Waals surface area contributed by atoms with Gasteiger partial charge in [0.05, 0.1) is 17.0 Å². The van der Waals surface area contributed by atoms with E-state index < -0.39 is 23.0 Å². The van der Waals surface area contributed by atoms with Gasteiger partial charge in [0.25, 0.3) is 0 Å². The predicted octanol–water partition coefficient (Wildman–Crippen LogP) is 5.98. The topological polar surface area (TPSA) is 48.3 Å². The Morgan fingerprint density at radius 1 is 1.14 bits per heavy atom. The number of nitrogens with zero attached hydrogens (tertiary/aromatic N) is 4. The lowest BCUT2D eigenvalue weighted by Crippen LogP contribution is -2.49. The summed E-state index contributed by atoms with van der Waals surface area (Å²) >= 11 is 0.